The Bertz CT molecular complexity index is 469. The number of carbonyl (C=O) groups excluding carboxylic acids is 2. The summed E-state index contributed by atoms with van der Waals surface area (Å²) in [4.78, 5) is 56.6. The SMILES string of the molecule is O=C(O)CCC(CC(=O)O)(C(=O)O)N1C(=O)CCC1=O. The second kappa shape index (κ2) is 5.68. The molecular formula is C11H13NO8. The predicted octanol–water partition coefficient (Wildman–Crippen LogP) is -0.702. The first-order chi connectivity index (χ1) is 9.20. The van der Waals surface area contributed by atoms with E-state index in [4.69, 9.17) is 10.2 Å². The van der Waals surface area contributed by atoms with Crippen molar-refractivity contribution in [3.05, 3.63) is 0 Å². The molecule has 9 nitrogen and oxygen atoms in total. The molecule has 1 rings (SSSR count). The van der Waals surface area contributed by atoms with E-state index in [1.165, 1.54) is 0 Å². The summed E-state index contributed by atoms with van der Waals surface area (Å²) in [7, 11) is 0. The van der Waals surface area contributed by atoms with Crippen LogP contribution in [0.1, 0.15) is 32.1 Å². The van der Waals surface area contributed by atoms with Gasteiger partial charge in [0.05, 0.1) is 6.42 Å². The summed E-state index contributed by atoms with van der Waals surface area (Å²) in [5, 5.41) is 26.8. The molecule has 0 bridgehead atoms. The standard InChI is InChI=1S/C11H13NO8/c13-6-1-2-7(14)12(6)11(10(19)20,5-9(17)18)4-3-8(15)16/h1-5H2,(H,15,16)(H,17,18)(H,19,20). The molecule has 110 valence electrons. The third-order valence-corrected chi connectivity index (χ3v) is 3.07. The Hall–Kier alpha value is -2.45. The topological polar surface area (TPSA) is 149 Å². The zero-order valence-corrected chi connectivity index (χ0v) is 10.4. The second-order valence-corrected chi connectivity index (χ2v) is 4.42. The smallest absolute Gasteiger partial charge is 0.330 e. The van der Waals surface area contributed by atoms with Crippen molar-refractivity contribution in [2.75, 3.05) is 0 Å². The van der Waals surface area contributed by atoms with Gasteiger partial charge in [0.15, 0.2) is 5.54 Å². The van der Waals surface area contributed by atoms with Crippen molar-refractivity contribution in [1.82, 2.24) is 4.90 Å². The van der Waals surface area contributed by atoms with Crippen LogP contribution in [0.25, 0.3) is 0 Å². The number of likely N-dealkylation sites (tertiary alicyclic amines) is 1. The third-order valence-electron chi connectivity index (χ3n) is 3.07. The van der Waals surface area contributed by atoms with Crippen molar-refractivity contribution in [3.63, 3.8) is 0 Å². The Morgan fingerprint density at radius 3 is 1.85 bits per heavy atom. The van der Waals surface area contributed by atoms with Crippen LogP contribution < -0.4 is 0 Å². The number of amides is 2. The van der Waals surface area contributed by atoms with Gasteiger partial charge < -0.3 is 15.3 Å². The van der Waals surface area contributed by atoms with Gasteiger partial charge in [-0.05, 0) is 6.42 Å². The number of carboxylic acids is 3. The lowest BCUT2D eigenvalue weighted by molar-refractivity contribution is -0.168. The highest BCUT2D eigenvalue weighted by Crippen LogP contribution is 2.32. The van der Waals surface area contributed by atoms with E-state index < -0.39 is 54.5 Å². The molecule has 0 spiro atoms. The normalized spacial score (nSPS) is 17.9. The Kier molecular flexibility index (Phi) is 4.43. The summed E-state index contributed by atoms with van der Waals surface area (Å²) in [5.74, 6) is -6.19. The van der Waals surface area contributed by atoms with Crippen LogP contribution in [0.15, 0.2) is 0 Å². The fourth-order valence-corrected chi connectivity index (χ4v) is 2.18. The molecule has 0 aromatic carbocycles. The average molecular weight is 287 g/mol. The second-order valence-electron chi connectivity index (χ2n) is 4.42. The van der Waals surface area contributed by atoms with E-state index in [1.807, 2.05) is 0 Å². The van der Waals surface area contributed by atoms with Gasteiger partial charge in [-0.15, -0.1) is 0 Å². The van der Waals surface area contributed by atoms with Gasteiger partial charge in [-0.25, -0.2) is 4.79 Å². The maximum Gasteiger partial charge on any atom is 0.330 e. The quantitative estimate of drug-likeness (QED) is 0.520. The van der Waals surface area contributed by atoms with E-state index in [1.54, 1.807) is 0 Å². The maximum absolute atomic E-state index is 11.7. The van der Waals surface area contributed by atoms with Crippen LogP contribution in [0, 0.1) is 0 Å². The first kappa shape index (κ1) is 15.6. The molecule has 1 aliphatic rings. The van der Waals surface area contributed by atoms with Gasteiger partial charge in [0.25, 0.3) is 0 Å². The van der Waals surface area contributed by atoms with Gasteiger partial charge in [-0.3, -0.25) is 24.1 Å². The Morgan fingerprint density at radius 2 is 1.50 bits per heavy atom. The molecule has 1 heterocycles. The first-order valence-electron chi connectivity index (χ1n) is 5.73. The summed E-state index contributed by atoms with van der Waals surface area (Å²) in [6.45, 7) is 0. The number of carboxylic acid groups (broad SMARTS) is 3. The molecule has 3 N–H and O–H groups in total. The highest BCUT2D eigenvalue weighted by Gasteiger charge is 2.53. The Labute approximate surface area is 112 Å². The van der Waals surface area contributed by atoms with Crippen molar-refractivity contribution in [1.29, 1.82) is 0 Å². The number of aliphatic carboxylic acids is 3. The van der Waals surface area contributed by atoms with E-state index in [0.29, 0.717) is 4.90 Å². The summed E-state index contributed by atoms with van der Waals surface area (Å²) in [6, 6.07) is 0. The minimum absolute atomic E-state index is 0.208. The number of hydrogen-bond donors (Lipinski definition) is 3. The largest absolute Gasteiger partial charge is 0.481 e. The summed E-state index contributed by atoms with van der Waals surface area (Å²) in [6.07, 6.45) is -2.77. The highest BCUT2D eigenvalue weighted by molar-refractivity contribution is 6.07. The summed E-state index contributed by atoms with van der Waals surface area (Å²) < 4.78 is 0. The molecule has 9 heteroatoms. The van der Waals surface area contributed by atoms with Crippen LogP contribution in [-0.4, -0.2) is 55.5 Å². The lowest BCUT2D eigenvalue weighted by atomic mass is 9.87. The molecule has 1 fully saturated rings. The molecule has 0 aromatic heterocycles. The fourth-order valence-electron chi connectivity index (χ4n) is 2.18. The maximum atomic E-state index is 11.7. The molecule has 1 saturated heterocycles. The summed E-state index contributed by atoms with van der Waals surface area (Å²) in [5.41, 5.74) is -2.35. The van der Waals surface area contributed by atoms with Crippen molar-refractivity contribution >= 4 is 29.7 Å². The van der Waals surface area contributed by atoms with Gasteiger partial charge >= 0.3 is 17.9 Å². The zero-order chi connectivity index (χ0) is 15.5. The van der Waals surface area contributed by atoms with Gasteiger partial charge in [0.2, 0.25) is 11.8 Å². The molecule has 20 heavy (non-hydrogen) atoms. The molecule has 1 atom stereocenters. The lowest BCUT2D eigenvalue weighted by Gasteiger charge is -2.35. The minimum atomic E-state index is -2.35. The molecule has 1 aliphatic heterocycles. The number of rotatable bonds is 7. The number of hydrogen-bond acceptors (Lipinski definition) is 5. The van der Waals surface area contributed by atoms with Crippen LogP contribution >= 0.6 is 0 Å². The highest BCUT2D eigenvalue weighted by atomic mass is 16.4. The van der Waals surface area contributed by atoms with Crippen molar-refractivity contribution in [3.8, 4) is 0 Å². The van der Waals surface area contributed by atoms with Crippen molar-refractivity contribution in [2.45, 2.75) is 37.6 Å². The van der Waals surface area contributed by atoms with Crippen LogP contribution in [0.4, 0.5) is 0 Å². The van der Waals surface area contributed by atoms with E-state index >= 15 is 0 Å². The molecule has 0 saturated carbocycles. The van der Waals surface area contributed by atoms with E-state index in [2.05, 4.69) is 0 Å². The number of nitrogens with zero attached hydrogens (tertiary/aromatic N) is 1. The Balaban J connectivity index is 3.24. The van der Waals surface area contributed by atoms with Crippen LogP contribution in [-0.2, 0) is 24.0 Å². The van der Waals surface area contributed by atoms with Crippen LogP contribution in [0.2, 0.25) is 0 Å². The third kappa shape index (κ3) is 2.92. The van der Waals surface area contributed by atoms with Gasteiger partial charge in [0, 0.05) is 19.3 Å². The molecule has 2 amide bonds. The average Bonchev–Trinajstić information content (AvgIpc) is 2.64. The van der Waals surface area contributed by atoms with E-state index in [0.717, 1.165) is 0 Å². The van der Waals surface area contributed by atoms with Gasteiger partial charge in [-0.1, -0.05) is 0 Å². The first-order valence-corrected chi connectivity index (χ1v) is 5.73. The van der Waals surface area contributed by atoms with Gasteiger partial charge in [-0.2, -0.15) is 0 Å². The van der Waals surface area contributed by atoms with Crippen LogP contribution in [0.3, 0.4) is 0 Å². The number of carbonyl (C=O) groups is 5. The Morgan fingerprint density at radius 1 is 1.00 bits per heavy atom. The molecule has 0 aliphatic carbocycles. The van der Waals surface area contributed by atoms with Crippen molar-refractivity contribution in [2.24, 2.45) is 0 Å². The molecule has 0 aromatic rings. The van der Waals surface area contributed by atoms with Crippen molar-refractivity contribution < 1.29 is 39.3 Å². The molecule has 1 unspecified atom stereocenters. The van der Waals surface area contributed by atoms with E-state index in [-0.39, 0.29) is 12.8 Å². The minimum Gasteiger partial charge on any atom is -0.481 e. The number of imide groups is 1. The zero-order valence-electron chi connectivity index (χ0n) is 10.4. The predicted molar refractivity (Wildman–Crippen MR) is 60.6 cm³/mol. The van der Waals surface area contributed by atoms with E-state index in [9.17, 15) is 29.1 Å². The fraction of sp³-hybridized carbons (Fsp3) is 0.545. The summed E-state index contributed by atoms with van der Waals surface area (Å²) >= 11 is 0. The molecule has 0 radical (unpaired) electrons. The monoisotopic (exact) mass is 287 g/mol. The molecular weight excluding hydrogens is 274 g/mol. The van der Waals surface area contributed by atoms with Gasteiger partial charge in [0.1, 0.15) is 0 Å². The lowest BCUT2D eigenvalue weighted by Crippen LogP contribution is -2.58. The van der Waals surface area contributed by atoms with Crippen LogP contribution in [0.5, 0.6) is 0 Å².